The zero-order valence-corrected chi connectivity index (χ0v) is 5.36. The average Bonchev–Trinajstić information content (AvgIpc) is 2.13. The highest BCUT2D eigenvalue weighted by Gasteiger charge is 2.20. The van der Waals surface area contributed by atoms with Crippen molar-refractivity contribution in [1.29, 1.82) is 5.41 Å². The Balaban J connectivity index is 2.72. The number of aromatic amines is 1. The number of hydrogen-bond donors (Lipinski definition) is 2. The number of nitrogens with one attached hydrogen (secondary N) is 2. The highest BCUT2D eigenvalue weighted by Crippen LogP contribution is 2.21. The standard InChI is InChI=1S/C7H9N3O/c8-7-9-1-5(2-10-7)6-3-11-4-6/h1-2,6H,3-4H2,(H2,8,9,10)/i1D,2D,3D2,4D2,6D. The van der Waals surface area contributed by atoms with Crippen LogP contribution in [0.3, 0.4) is 0 Å². The molecule has 1 aliphatic heterocycles. The van der Waals surface area contributed by atoms with Crippen LogP contribution in [0.4, 0.5) is 0 Å². The summed E-state index contributed by atoms with van der Waals surface area (Å²) >= 11 is 0. The predicted octanol–water partition coefficient (Wildman–Crippen LogP) is 0.00297. The maximum Gasteiger partial charge on any atom is 0.219 e. The van der Waals surface area contributed by atoms with Crippen molar-refractivity contribution in [2.45, 2.75) is 5.89 Å². The first-order chi connectivity index (χ1) is 8.03. The topological polar surface area (TPSA) is 61.8 Å². The molecule has 1 aliphatic rings. The molecule has 0 aliphatic carbocycles. The minimum absolute atomic E-state index is 0.487. The van der Waals surface area contributed by atoms with Crippen LogP contribution >= 0.6 is 0 Å². The minimum Gasteiger partial charge on any atom is -0.380 e. The van der Waals surface area contributed by atoms with Crippen LogP contribution in [0.25, 0.3) is 0 Å². The lowest BCUT2D eigenvalue weighted by molar-refractivity contribution is 0.00811. The highest BCUT2D eigenvalue weighted by molar-refractivity contribution is 5.12. The zero-order chi connectivity index (χ0) is 13.9. The van der Waals surface area contributed by atoms with E-state index in [4.69, 9.17) is 15.0 Å². The van der Waals surface area contributed by atoms with E-state index in [1.807, 2.05) is 0 Å². The van der Waals surface area contributed by atoms with Crippen molar-refractivity contribution < 1.29 is 14.3 Å². The molecule has 4 nitrogen and oxygen atoms in total. The third-order valence-electron chi connectivity index (χ3n) is 1.14. The molecular weight excluding hydrogens is 142 g/mol. The van der Waals surface area contributed by atoms with Gasteiger partial charge in [-0.25, -0.2) is 4.98 Å². The molecule has 1 saturated heterocycles. The summed E-state index contributed by atoms with van der Waals surface area (Å²) in [6.07, 6.45) is -1.28. The van der Waals surface area contributed by atoms with E-state index in [0.717, 1.165) is 0 Å². The van der Waals surface area contributed by atoms with Crippen LogP contribution in [-0.2, 0) is 4.74 Å². The third kappa shape index (κ3) is 1.17. The number of ether oxygens (including phenoxy) is 1. The van der Waals surface area contributed by atoms with Gasteiger partial charge in [-0.15, -0.1) is 0 Å². The van der Waals surface area contributed by atoms with E-state index in [0.29, 0.717) is 0 Å². The van der Waals surface area contributed by atoms with E-state index >= 15 is 0 Å². The van der Waals surface area contributed by atoms with Crippen LogP contribution in [0.5, 0.6) is 0 Å². The summed E-state index contributed by atoms with van der Waals surface area (Å²) in [6.45, 7) is -5.36. The van der Waals surface area contributed by atoms with Gasteiger partial charge in [-0.2, -0.15) is 0 Å². The van der Waals surface area contributed by atoms with Gasteiger partial charge in [-0.1, -0.05) is 0 Å². The summed E-state index contributed by atoms with van der Waals surface area (Å²) < 4.78 is 57.0. The molecule has 4 heteroatoms. The summed E-state index contributed by atoms with van der Waals surface area (Å²) in [6, 6.07) is 0. The fraction of sp³-hybridized carbons (Fsp3) is 0.429. The van der Waals surface area contributed by atoms with Crippen molar-refractivity contribution in [3.05, 3.63) is 23.5 Å². The molecule has 1 fully saturated rings. The Morgan fingerprint density at radius 2 is 2.82 bits per heavy atom. The summed E-state index contributed by atoms with van der Waals surface area (Å²) in [5.74, 6) is -2.58. The maximum atomic E-state index is 7.92. The first-order valence-electron chi connectivity index (χ1n) is 6.36. The van der Waals surface area contributed by atoms with Crippen LogP contribution in [0, 0.1) is 5.41 Å². The fourth-order valence-corrected chi connectivity index (χ4v) is 0.612. The molecule has 0 spiro atoms. The van der Waals surface area contributed by atoms with Crippen LogP contribution in [0.15, 0.2) is 12.3 Å². The van der Waals surface area contributed by atoms with Crippen LogP contribution in [0.2, 0.25) is 0 Å². The second kappa shape index (κ2) is 2.47. The van der Waals surface area contributed by atoms with E-state index in [1.165, 1.54) is 0 Å². The summed E-state index contributed by atoms with van der Waals surface area (Å²) in [5.41, 5.74) is -1.06. The highest BCUT2D eigenvalue weighted by atomic mass is 16.5. The van der Waals surface area contributed by atoms with Gasteiger partial charge in [-0.05, 0) is 5.56 Å². The quantitative estimate of drug-likeness (QED) is 0.604. The van der Waals surface area contributed by atoms with Gasteiger partial charge in [0.05, 0.1) is 21.3 Å². The molecule has 2 N–H and O–H groups in total. The maximum absolute atomic E-state index is 7.92. The smallest absolute Gasteiger partial charge is 0.219 e. The lowest BCUT2D eigenvalue weighted by Crippen LogP contribution is -2.26. The van der Waals surface area contributed by atoms with Crippen molar-refractivity contribution >= 4 is 0 Å². The van der Waals surface area contributed by atoms with E-state index in [1.54, 1.807) is 0 Å². The monoisotopic (exact) mass is 158 g/mol. The average molecular weight is 158 g/mol. The molecule has 1 aromatic heterocycles. The van der Waals surface area contributed by atoms with Crippen molar-refractivity contribution in [3.8, 4) is 0 Å². The van der Waals surface area contributed by atoms with Crippen molar-refractivity contribution in [2.75, 3.05) is 13.1 Å². The van der Waals surface area contributed by atoms with E-state index < -0.39 is 42.5 Å². The van der Waals surface area contributed by atoms with Crippen LogP contribution < -0.4 is 5.62 Å². The van der Waals surface area contributed by atoms with Crippen molar-refractivity contribution in [3.63, 3.8) is 0 Å². The van der Waals surface area contributed by atoms with E-state index in [-0.39, 0.29) is 0 Å². The molecule has 0 unspecified atom stereocenters. The first-order valence-corrected chi connectivity index (χ1v) is 2.86. The molecule has 11 heavy (non-hydrogen) atoms. The Hall–Kier alpha value is -1.16. The molecule has 58 valence electrons. The third-order valence-corrected chi connectivity index (χ3v) is 1.14. The summed E-state index contributed by atoms with van der Waals surface area (Å²) in [4.78, 5) is 5.49. The van der Waals surface area contributed by atoms with E-state index in [9.17, 15) is 0 Å². The largest absolute Gasteiger partial charge is 0.380 e. The molecule has 0 atom stereocenters. The molecule has 0 bridgehead atoms. The Labute approximate surface area is 73.6 Å². The molecule has 0 amide bonds. The van der Waals surface area contributed by atoms with Gasteiger partial charge in [0, 0.05) is 19.6 Å². The first kappa shape index (κ1) is 2.42. The van der Waals surface area contributed by atoms with Crippen LogP contribution in [-0.4, -0.2) is 23.1 Å². The Morgan fingerprint density at radius 1 is 2.00 bits per heavy atom. The molecule has 0 saturated carbocycles. The molecule has 0 aromatic carbocycles. The molecule has 1 aromatic rings. The van der Waals surface area contributed by atoms with Gasteiger partial charge in [0.25, 0.3) is 0 Å². The lowest BCUT2D eigenvalue weighted by Gasteiger charge is -2.25. The number of hydrogen-bond acceptors (Lipinski definition) is 3. The lowest BCUT2D eigenvalue weighted by atomic mass is 10.0. The van der Waals surface area contributed by atoms with Gasteiger partial charge in [-0.3, -0.25) is 5.41 Å². The molecule has 2 heterocycles. The predicted molar refractivity (Wildman–Crippen MR) is 38.0 cm³/mol. The number of H-pyrrole nitrogens is 1. The number of aromatic nitrogens is 2. The molecule has 0 radical (unpaired) electrons. The number of nitrogens with zero attached hydrogens (tertiary/aromatic N) is 1. The van der Waals surface area contributed by atoms with Gasteiger partial charge >= 0.3 is 0 Å². The normalized spacial score (nSPS) is 39.1. The Morgan fingerprint density at radius 3 is 3.45 bits per heavy atom. The SMILES string of the molecule is [2H]c1nc(=N)[nH]c([2H])c1C1([2H])C([2H])([2H])OC1([2H])[2H]. The Kier molecular flexibility index (Phi) is 0.542. The molecule has 2 rings (SSSR count). The fourth-order valence-electron chi connectivity index (χ4n) is 0.612. The summed E-state index contributed by atoms with van der Waals surface area (Å²) in [5, 5.41) is 7.16. The van der Waals surface area contributed by atoms with Gasteiger partial charge in [0.2, 0.25) is 5.62 Å². The summed E-state index contributed by atoms with van der Waals surface area (Å²) in [7, 11) is 0. The second-order valence-electron chi connectivity index (χ2n) is 1.88. The minimum atomic E-state index is -2.68. The second-order valence-corrected chi connectivity index (χ2v) is 1.88. The van der Waals surface area contributed by atoms with Gasteiger partial charge in [0.1, 0.15) is 0 Å². The molecular formula is C7H9N3O. The van der Waals surface area contributed by atoms with Crippen molar-refractivity contribution in [2.24, 2.45) is 0 Å². The van der Waals surface area contributed by atoms with Gasteiger partial charge in [0.15, 0.2) is 0 Å². The zero-order valence-electron chi connectivity index (χ0n) is 12.4. The van der Waals surface area contributed by atoms with Crippen LogP contribution in [0.1, 0.15) is 21.1 Å². The Bertz CT molecular complexity index is 528. The van der Waals surface area contributed by atoms with Crippen molar-refractivity contribution in [1.82, 2.24) is 9.97 Å². The number of rotatable bonds is 1. The van der Waals surface area contributed by atoms with E-state index in [2.05, 4.69) is 14.7 Å². The van der Waals surface area contributed by atoms with Gasteiger partial charge < -0.3 is 9.72 Å².